The van der Waals surface area contributed by atoms with Crippen LogP contribution >= 0.6 is 0 Å². The fourth-order valence-corrected chi connectivity index (χ4v) is 3.51. The average Bonchev–Trinajstić information content (AvgIpc) is 2.96. The van der Waals surface area contributed by atoms with Crippen LogP contribution in [0.5, 0.6) is 0 Å². The van der Waals surface area contributed by atoms with E-state index in [9.17, 15) is 9.59 Å². The maximum atomic E-state index is 12.6. The molecule has 1 aromatic carbocycles. The second-order valence-electron chi connectivity index (χ2n) is 6.43. The SMILES string of the molecule is CN(C(=O)CN1C(=O)OC[C@@H]1c1ccccc1)C1CCCCC1. The molecule has 1 aliphatic carbocycles. The maximum absolute atomic E-state index is 12.6. The highest BCUT2D eigenvalue weighted by atomic mass is 16.6. The van der Waals surface area contributed by atoms with Crippen LogP contribution in [-0.4, -0.2) is 48.0 Å². The van der Waals surface area contributed by atoms with Gasteiger partial charge in [-0.1, -0.05) is 49.6 Å². The third kappa shape index (κ3) is 3.49. The quantitative estimate of drug-likeness (QED) is 0.858. The molecule has 1 saturated carbocycles. The van der Waals surface area contributed by atoms with Crippen molar-refractivity contribution in [2.75, 3.05) is 20.2 Å². The first-order valence-corrected chi connectivity index (χ1v) is 8.41. The Bertz CT molecular complexity index is 555. The van der Waals surface area contributed by atoms with Crippen LogP contribution in [-0.2, 0) is 9.53 Å². The van der Waals surface area contributed by atoms with Crippen LogP contribution in [0.15, 0.2) is 30.3 Å². The summed E-state index contributed by atoms with van der Waals surface area (Å²) in [5.74, 6) is -0.00307. The van der Waals surface area contributed by atoms with Gasteiger partial charge in [-0.2, -0.15) is 0 Å². The Hall–Kier alpha value is -2.04. The van der Waals surface area contributed by atoms with E-state index < -0.39 is 6.09 Å². The van der Waals surface area contributed by atoms with E-state index >= 15 is 0 Å². The molecule has 2 fully saturated rings. The van der Waals surface area contributed by atoms with Gasteiger partial charge in [0.15, 0.2) is 0 Å². The fraction of sp³-hybridized carbons (Fsp3) is 0.556. The third-order valence-electron chi connectivity index (χ3n) is 4.98. The Morgan fingerprint density at radius 2 is 1.91 bits per heavy atom. The summed E-state index contributed by atoms with van der Waals surface area (Å²) in [7, 11) is 1.86. The number of carbonyl (C=O) groups excluding carboxylic acids is 2. The van der Waals surface area contributed by atoms with E-state index in [0.717, 1.165) is 18.4 Å². The number of nitrogens with zero attached hydrogens (tertiary/aromatic N) is 2. The maximum Gasteiger partial charge on any atom is 0.410 e. The minimum absolute atomic E-state index is 0.00307. The van der Waals surface area contributed by atoms with Crippen LogP contribution in [0.25, 0.3) is 0 Å². The van der Waals surface area contributed by atoms with Gasteiger partial charge in [-0.15, -0.1) is 0 Å². The van der Waals surface area contributed by atoms with Crippen LogP contribution in [0, 0.1) is 0 Å². The lowest BCUT2D eigenvalue weighted by Crippen LogP contribution is -2.45. The van der Waals surface area contributed by atoms with Gasteiger partial charge < -0.3 is 9.64 Å². The van der Waals surface area contributed by atoms with E-state index in [1.165, 1.54) is 19.3 Å². The first-order chi connectivity index (χ1) is 11.2. The van der Waals surface area contributed by atoms with Crippen LogP contribution < -0.4 is 0 Å². The predicted octanol–water partition coefficient (Wildman–Crippen LogP) is 2.97. The molecule has 1 saturated heterocycles. The number of benzene rings is 1. The number of amides is 2. The molecule has 5 heteroatoms. The molecular formula is C18H24N2O3. The molecular weight excluding hydrogens is 292 g/mol. The summed E-state index contributed by atoms with van der Waals surface area (Å²) in [5, 5.41) is 0. The number of ether oxygens (including phenoxy) is 1. The van der Waals surface area contributed by atoms with Crippen LogP contribution in [0.2, 0.25) is 0 Å². The second kappa shape index (κ2) is 7.02. The Kier molecular flexibility index (Phi) is 4.84. The number of hydrogen-bond donors (Lipinski definition) is 0. The third-order valence-corrected chi connectivity index (χ3v) is 4.98. The van der Waals surface area contributed by atoms with Crippen molar-refractivity contribution in [3.05, 3.63) is 35.9 Å². The van der Waals surface area contributed by atoms with E-state index in [1.54, 1.807) is 4.90 Å². The molecule has 3 rings (SSSR count). The molecule has 0 aromatic heterocycles. The normalized spacial score (nSPS) is 22.0. The van der Waals surface area contributed by atoms with E-state index in [0.29, 0.717) is 12.6 Å². The van der Waals surface area contributed by atoms with Crippen molar-refractivity contribution in [3.8, 4) is 0 Å². The average molecular weight is 316 g/mol. The Morgan fingerprint density at radius 1 is 1.22 bits per heavy atom. The molecule has 1 aliphatic heterocycles. The number of likely N-dealkylation sites (N-methyl/N-ethyl adjacent to an activating group) is 1. The minimum Gasteiger partial charge on any atom is -0.447 e. The topological polar surface area (TPSA) is 49.9 Å². The molecule has 0 spiro atoms. The molecule has 124 valence electrons. The first-order valence-electron chi connectivity index (χ1n) is 8.41. The zero-order chi connectivity index (χ0) is 16.2. The van der Waals surface area contributed by atoms with Gasteiger partial charge >= 0.3 is 6.09 Å². The van der Waals surface area contributed by atoms with E-state index in [1.807, 2.05) is 42.3 Å². The highest BCUT2D eigenvalue weighted by Crippen LogP contribution is 2.28. The number of carbonyl (C=O) groups is 2. The molecule has 0 unspecified atom stereocenters. The van der Waals surface area contributed by atoms with Gasteiger partial charge in [-0.25, -0.2) is 4.79 Å². The molecule has 2 amide bonds. The zero-order valence-corrected chi connectivity index (χ0v) is 13.6. The summed E-state index contributed by atoms with van der Waals surface area (Å²) >= 11 is 0. The highest BCUT2D eigenvalue weighted by molar-refractivity contribution is 5.83. The molecule has 1 aromatic rings. The van der Waals surface area contributed by atoms with Crippen molar-refractivity contribution in [2.45, 2.75) is 44.2 Å². The van der Waals surface area contributed by atoms with Crippen molar-refractivity contribution < 1.29 is 14.3 Å². The Morgan fingerprint density at radius 3 is 2.61 bits per heavy atom. The van der Waals surface area contributed by atoms with Crippen LogP contribution in [0.4, 0.5) is 4.79 Å². The standard InChI is InChI=1S/C18H24N2O3/c1-19(15-10-6-3-7-11-15)17(21)12-20-16(13-23-18(20)22)14-8-4-2-5-9-14/h2,4-5,8-9,15-16H,3,6-7,10-13H2,1H3/t16-/m1/s1. The lowest BCUT2D eigenvalue weighted by atomic mass is 9.94. The van der Waals surface area contributed by atoms with Gasteiger partial charge in [0.25, 0.3) is 0 Å². The molecule has 0 radical (unpaired) electrons. The lowest BCUT2D eigenvalue weighted by Gasteiger charge is -2.32. The van der Waals surface area contributed by atoms with Crippen molar-refractivity contribution in [2.24, 2.45) is 0 Å². The number of cyclic esters (lactones) is 1. The van der Waals surface area contributed by atoms with E-state index in [-0.39, 0.29) is 18.5 Å². The molecule has 1 atom stereocenters. The molecule has 0 bridgehead atoms. The van der Waals surface area contributed by atoms with Gasteiger partial charge in [0.2, 0.25) is 5.91 Å². The van der Waals surface area contributed by atoms with Crippen molar-refractivity contribution in [3.63, 3.8) is 0 Å². The molecule has 0 N–H and O–H groups in total. The highest BCUT2D eigenvalue weighted by Gasteiger charge is 2.36. The number of hydrogen-bond acceptors (Lipinski definition) is 3. The Balaban J connectivity index is 1.67. The van der Waals surface area contributed by atoms with Crippen LogP contribution in [0.1, 0.15) is 43.7 Å². The minimum atomic E-state index is -0.399. The summed E-state index contributed by atoms with van der Waals surface area (Å²) in [6.07, 6.45) is 5.35. The van der Waals surface area contributed by atoms with Gasteiger partial charge in [0, 0.05) is 13.1 Å². The summed E-state index contributed by atoms with van der Waals surface area (Å²) in [5.41, 5.74) is 1.01. The van der Waals surface area contributed by atoms with Crippen LogP contribution in [0.3, 0.4) is 0 Å². The molecule has 2 aliphatic rings. The van der Waals surface area contributed by atoms with E-state index in [4.69, 9.17) is 4.74 Å². The molecule has 5 nitrogen and oxygen atoms in total. The summed E-state index contributed by atoms with van der Waals surface area (Å²) in [4.78, 5) is 28.0. The van der Waals surface area contributed by atoms with Gasteiger partial charge in [-0.3, -0.25) is 9.69 Å². The predicted molar refractivity (Wildman–Crippen MR) is 86.9 cm³/mol. The lowest BCUT2D eigenvalue weighted by molar-refractivity contribution is -0.133. The van der Waals surface area contributed by atoms with Crippen molar-refractivity contribution >= 4 is 12.0 Å². The largest absolute Gasteiger partial charge is 0.447 e. The smallest absolute Gasteiger partial charge is 0.410 e. The number of rotatable bonds is 4. The summed E-state index contributed by atoms with van der Waals surface area (Å²) < 4.78 is 5.17. The fourth-order valence-electron chi connectivity index (χ4n) is 3.51. The first kappa shape index (κ1) is 15.8. The second-order valence-corrected chi connectivity index (χ2v) is 6.43. The monoisotopic (exact) mass is 316 g/mol. The molecule has 1 heterocycles. The summed E-state index contributed by atoms with van der Waals surface area (Å²) in [6.45, 7) is 0.397. The van der Waals surface area contributed by atoms with Crippen molar-refractivity contribution in [1.82, 2.24) is 9.80 Å². The Labute approximate surface area is 137 Å². The van der Waals surface area contributed by atoms with E-state index in [2.05, 4.69) is 0 Å². The zero-order valence-electron chi connectivity index (χ0n) is 13.6. The van der Waals surface area contributed by atoms with Gasteiger partial charge in [0.1, 0.15) is 13.2 Å². The van der Waals surface area contributed by atoms with Gasteiger partial charge in [0.05, 0.1) is 6.04 Å². The molecule has 23 heavy (non-hydrogen) atoms. The van der Waals surface area contributed by atoms with Crippen molar-refractivity contribution in [1.29, 1.82) is 0 Å². The van der Waals surface area contributed by atoms with Gasteiger partial charge in [-0.05, 0) is 18.4 Å². The summed E-state index contributed by atoms with van der Waals surface area (Å²) in [6, 6.07) is 9.88.